The van der Waals surface area contributed by atoms with Crippen LogP contribution in [0.5, 0.6) is 0 Å². The first-order chi connectivity index (χ1) is 5.77. The van der Waals surface area contributed by atoms with Gasteiger partial charge in [0.1, 0.15) is 6.17 Å². The van der Waals surface area contributed by atoms with Gasteiger partial charge in [-0.25, -0.2) is 0 Å². The van der Waals surface area contributed by atoms with E-state index in [0.717, 1.165) is 0 Å². The molecule has 2 heterocycles. The summed E-state index contributed by atoms with van der Waals surface area (Å²) in [5, 5.41) is 0. The maximum atomic E-state index is 4.37. The summed E-state index contributed by atoms with van der Waals surface area (Å²) in [7, 11) is 2.03. The first-order valence-electron chi connectivity index (χ1n) is 4.10. The van der Waals surface area contributed by atoms with E-state index in [2.05, 4.69) is 41.2 Å². The summed E-state index contributed by atoms with van der Waals surface area (Å²) in [6.45, 7) is 2.11. The second kappa shape index (κ2) is 2.63. The molecule has 2 heteroatoms. The average molecular weight is 160 g/mol. The van der Waals surface area contributed by atoms with Crippen LogP contribution in [0.4, 0.5) is 0 Å². The lowest BCUT2D eigenvalue weighted by atomic mass is 10.1. The Morgan fingerprint density at radius 3 is 3.17 bits per heavy atom. The Bertz CT molecular complexity index is 308. The standard InChI is InChI=1S/C10H12N2/c1-8-3-5-11-10-7-9(8)4-6-12(10)2/h3-7,10H,1-2H3. The highest BCUT2D eigenvalue weighted by Gasteiger charge is 2.13. The topological polar surface area (TPSA) is 15.6 Å². The third kappa shape index (κ3) is 1.09. The summed E-state index contributed by atoms with van der Waals surface area (Å²) < 4.78 is 0. The molecular weight excluding hydrogens is 148 g/mol. The third-order valence-corrected chi connectivity index (χ3v) is 2.25. The third-order valence-electron chi connectivity index (χ3n) is 2.25. The zero-order valence-corrected chi connectivity index (χ0v) is 7.36. The molecule has 2 rings (SSSR count). The molecule has 2 bridgehead atoms. The molecule has 1 atom stereocenters. The van der Waals surface area contributed by atoms with Crippen molar-refractivity contribution in [1.82, 2.24) is 4.90 Å². The van der Waals surface area contributed by atoms with Gasteiger partial charge in [0.25, 0.3) is 0 Å². The van der Waals surface area contributed by atoms with Crippen molar-refractivity contribution < 1.29 is 0 Å². The fraction of sp³-hybridized carbons (Fsp3) is 0.300. The van der Waals surface area contributed by atoms with Crippen LogP contribution in [0.15, 0.2) is 40.6 Å². The molecule has 0 N–H and O–H groups in total. The zero-order valence-electron chi connectivity index (χ0n) is 7.36. The fourth-order valence-corrected chi connectivity index (χ4v) is 1.37. The molecule has 1 unspecified atom stereocenters. The average Bonchev–Trinajstić information content (AvgIpc) is 2.21. The van der Waals surface area contributed by atoms with Crippen LogP contribution in [-0.2, 0) is 0 Å². The number of likely N-dealkylation sites (N-methyl/N-ethyl adjacent to an activating group) is 1. The van der Waals surface area contributed by atoms with Gasteiger partial charge in [0.05, 0.1) is 0 Å². The number of nitrogens with zero attached hydrogens (tertiary/aromatic N) is 2. The minimum Gasteiger partial charge on any atom is -0.356 e. The zero-order chi connectivity index (χ0) is 8.55. The van der Waals surface area contributed by atoms with Gasteiger partial charge in [-0.3, -0.25) is 4.99 Å². The van der Waals surface area contributed by atoms with Gasteiger partial charge in [-0.1, -0.05) is 0 Å². The highest BCUT2D eigenvalue weighted by molar-refractivity contribution is 5.75. The number of allylic oxidation sites excluding steroid dienone is 4. The molecule has 2 aliphatic rings. The molecule has 0 fully saturated rings. The highest BCUT2D eigenvalue weighted by Crippen LogP contribution is 2.20. The van der Waals surface area contributed by atoms with Crippen LogP contribution in [0.2, 0.25) is 0 Å². The van der Waals surface area contributed by atoms with Crippen molar-refractivity contribution in [3.05, 3.63) is 35.6 Å². The molecule has 2 aliphatic heterocycles. The number of fused-ring (bicyclic) bond motifs is 1. The summed E-state index contributed by atoms with van der Waals surface area (Å²) in [5.74, 6) is 0. The molecule has 62 valence electrons. The Labute approximate surface area is 72.6 Å². The van der Waals surface area contributed by atoms with E-state index in [4.69, 9.17) is 0 Å². The van der Waals surface area contributed by atoms with Crippen LogP contribution in [0.25, 0.3) is 0 Å². The van der Waals surface area contributed by atoms with E-state index in [9.17, 15) is 0 Å². The van der Waals surface area contributed by atoms with E-state index < -0.39 is 0 Å². The quantitative estimate of drug-likeness (QED) is 0.527. The monoisotopic (exact) mass is 160 g/mol. The molecule has 0 saturated carbocycles. The lowest BCUT2D eigenvalue weighted by Gasteiger charge is -2.23. The predicted octanol–water partition coefficient (Wildman–Crippen LogP) is 1.73. The largest absolute Gasteiger partial charge is 0.356 e. The van der Waals surface area contributed by atoms with Gasteiger partial charge in [-0.15, -0.1) is 0 Å². The van der Waals surface area contributed by atoms with Gasteiger partial charge >= 0.3 is 0 Å². The molecule has 0 amide bonds. The van der Waals surface area contributed by atoms with E-state index in [-0.39, 0.29) is 6.17 Å². The normalized spacial score (nSPS) is 26.5. The summed E-state index contributed by atoms with van der Waals surface area (Å²) >= 11 is 0. The number of hydrogen-bond donors (Lipinski definition) is 0. The van der Waals surface area contributed by atoms with Gasteiger partial charge in [-0.2, -0.15) is 0 Å². The maximum absolute atomic E-state index is 4.37. The van der Waals surface area contributed by atoms with Crippen LogP contribution < -0.4 is 0 Å². The van der Waals surface area contributed by atoms with E-state index in [0.29, 0.717) is 0 Å². The van der Waals surface area contributed by atoms with E-state index in [1.807, 2.05) is 13.3 Å². The molecule has 12 heavy (non-hydrogen) atoms. The Morgan fingerprint density at radius 2 is 2.33 bits per heavy atom. The number of aliphatic imine (C=N–C) groups is 1. The molecule has 0 aliphatic carbocycles. The van der Waals surface area contributed by atoms with Gasteiger partial charge in [0, 0.05) is 19.5 Å². The molecule has 0 saturated heterocycles. The van der Waals surface area contributed by atoms with Crippen LogP contribution in [0.3, 0.4) is 0 Å². The van der Waals surface area contributed by atoms with Crippen LogP contribution in [-0.4, -0.2) is 24.3 Å². The summed E-state index contributed by atoms with van der Waals surface area (Å²) in [5.41, 5.74) is 2.57. The summed E-state index contributed by atoms with van der Waals surface area (Å²) in [6, 6.07) is 0. The van der Waals surface area contributed by atoms with E-state index in [1.165, 1.54) is 11.1 Å². The van der Waals surface area contributed by atoms with Crippen molar-refractivity contribution in [2.24, 2.45) is 4.99 Å². The van der Waals surface area contributed by atoms with Crippen molar-refractivity contribution >= 4 is 6.21 Å². The first kappa shape index (κ1) is 7.35. The molecule has 0 aromatic heterocycles. The number of rotatable bonds is 0. The van der Waals surface area contributed by atoms with Gasteiger partial charge in [0.15, 0.2) is 0 Å². The van der Waals surface area contributed by atoms with Crippen LogP contribution in [0, 0.1) is 0 Å². The minimum absolute atomic E-state index is 0.193. The van der Waals surface area contributed by atoms with E-state index in [1.54, 1.807) is 0 Å². The molecule has 0 aromatic carbocycles. The molecular formula is C10H12N2. The van der Waals surface area contributed by atoms with Gasteiger partial charge < -0.3 is 4.90 Å². The predicted molar refractivity (Wildman–Crippen MR) is 51.0 cm³/mol. The Hall–Kier alpha value is -1.31. The second-order valence-corrected chi connectivity index (χ2v) is 3.16. The highest BCUT2D eigenvalue weighted by atomic mass is 15.2. The summed E-state index contributed by atoms with van der Waals surface area (Å²) in [4.78, 5) is 6.46. The SMILES string of the molecule is CC1=CC=NC2C=C1C=CN2C. The van der Waals surface area contributed by atoms with Crippen molar-refractivity contribution in [1.29, 1.82) is 0 Å². The smallest absolute Gasteiger partial charge is 0.140 e. The second-order valence-electron chi connectivity index (χ2n) is 3.16. The van der Waals surface area contributed by atoms with Crippen molar-refractivity contribution in [3.63, 3.8) is 0 Å². The maximum Gasteiger partial charge on any atom is 0.140 e. The Kier molecular flexibility index (Phi) is 1.61. The Balaban J connectivity index is 2.41. The molecule has 2 nitrogen and oxygen atoms in total. The Morgan fingerprint density at radius 1 is 1.50 bits per heavy atom. The lowest BCUT2D eigenvalue weighted by molar-refractivity contribution is 0.391. The van der Waals surface area contributed by atoms with Crippen molar-refractivity contribution in [2.75, 3.05) is 7.05 Å². The fourth-order valence-electron chi connectivity index (χ4n) is 1.37. The van der Waals surface area contributed by atoms with Crippen LogP contribution in [0.1, 0.15) is 6.92 Å². The van der Waals surface area contributed by atoms with Gasteiger partial charge in [0.2, 0.25) is 0 Å². The molecule has 0 aromatic rings. The van der Waals surface area contributed by atoms with Crippen molar-refractivity contribution in [3.8, 4) is 0 Å². The van der Waals surface area contributed by atoms with Crippen LogP contribution >= 0.6 is 0 Å². The van der Waals surface area contributed by atoms with Gasteiger partial charge in [-0.05, 0) is 36.3 Å². The van der Waals surface area contributed by atoms with Crippen molar-refractivity contribution in [2.45, 2.75) is 13.1 Å². The number of hydrogen-bond acceptors (Lipinski definition) is 2. The van der Waals surface area contributed by atoms with E-state index >= 15 is 0 Å². The molecule has 0 spiro atoms. The first-order valence-corrected chi connectivity index (χ1v) is 4.10. The minimum atomic E-state index is 0.193. The molecule has 0 radical (unpaired) electrons. The lowest BCUT2D eigenvalue weighted by Crippen LogP contribution is -2.25. The summed E-state index contributed by atoms with van der Waals surface area (Å²) in [6.07, 6.45) is 10.5.